The van der Waals surface area contributed by atoms with Crippen LogP contribution in [0.4, 0.5) is 13.2 Å². The number of aromatic nitrogens is 2. The van der Waals surface area contributed by atoms with Crippen molar-refractivity contribution >= 4 is 23.0 Å². The van der Waals surface area contributed by atoms with Gasteiger partial charge in [-0.15, -0.1) is 0 Å². The maximum absolute atomic E-state index is 13.9. The lowest BCUT2D eigenvalue weighted by Gasteiger charge is -2.18. The highest BCUT2D eigenvalue weighted by Gasteiger charge is 2.36. The standard InChI is InChI=1S/C23H25ClF3N3O2/c1-5-14(2)10-11-29(3)22(31)21-20(24)18-12-16(15-6-8-17(32-4)9-7-15)13-19(23(25,26)27)30(18)28-21/h6-9,12-14H,5,10-11H2,1-4H3. The van der Waals surface area contributed by atoms with Crippen molar-refractivity contribution < 1.29 is 22.7 Å². The molecule has 9 heteroatoms. The van der Waals surface area contributed by atoms with Crippen LogP contribution in [0, 0.1) is 5.92 Å². The molecule has 32 heavy (non-hydrogen) atoms. The topological polar surface area (TPSA) is 46.8 Å². The number of methoxy groups -OCH3 is 1. The fourth-order valence-electron chi connectivity index (χ4n) is 3.31. The number of hydrogen-bond donors (Lipinski definition) is 0. The highest BCUT2D eigenvalue weighted by atomic mass is 35.5. The first-order valence-electron chi connectivity index (χ1n) is 10.3. The lowest BCUT2D eigenvalue weighted by Crippen LogP contribution is -2.29. The van der Waals surface area contributed by atoms with Crippen LogP contribution in [0.3, 0.4) is 0 Å². The van der Waals surface area contributed by atoms with Crippen LogP contribution in [0.25, 0.3) is 16.6 Å². The minimum atomic E-state index is -4.70. The van der Waals surface area contributed by atoms with Crippen molar-refractivity contribution in [3.05, 3.63) is 52.8 Å². The molecule has 0 N–H and O–H groups in total. The zero-order valence-corrected chi connectivity index (χ0v) is 19.1. The van der Waals surface area contributed by atoms with Crippen LogP contribution in [-0.4, -0.2) is 41.1 Å². The SMILES string of the molecule is CCC(C)CCN(C)C(=O)c1nn2c(C(F)(F)F)cc(-c3ccc(OC)cc3)cc2c1Cl. The summed E-state index contributed by atoms with van der Waals surface area (Å²) in [5, 5.41) is 3.86. The molecule has 1 amide bonds. The Bertz CT molecular complexity index is 1110. The molecule has 0 aliphatic carbocycles. The fraction of sp³-hybridized carbons (Fsp3) is 0.391. The van der Waals surface area contributed by atoms with Gasteiger partial charge in [-0.25, -0.2) is 4.52 Å². The Morgan fingerprint density at radius 2 is 1.88 bits per heavy atom. The number of pyridine rings is 1. The van der Waals surface area contributed by atoms with Gasteiger partial charge in [0.25, 0.3) is 5.91 Å². The monoisotopic (exact) mass is 467 g/mol. The number of rotatable bonds is 7. The Morgan fingerprint density at radius 3 is 2.44 bits per heavy atom. The summed E-state index contributed by atoms with van der Waals surface area (Å²) in [6.07, 6.45) is -2.95. The molecule has 172 valence electrons. The third-order valence-corrected chi connectivity index (χ3v) is 5.96. The summed E-state index contributed by atoms with van der Waals surface area (Å²) in [7, 11) is 3.10. The smallest absolute Gasteiger partial charge is 0.433 e. The van der Waals surface area contributed by atoms with Crippen LogP contribution in [0.1, 0.15) is 42.9 Å². The quantitative estimate of drug-likeness (QED) is 0.416. The van der Waals surface area contributed by atoms with E-state index in [1.165, 1.54) is 18.1 Å². The van der Waals surface area contributed by atoms with Crippen LogP contribution >= 0.6 is 11.6 Å². The van der Waals surface area contributed by atoms with Crippen molar-refractivity contribution in [3.8, 4) is 16.9 Å². The van der Waals surface area contributed by atoms with Gasteiger partial charge in [-0.3, -0.25) is 4.79 Å². The Morgan fingerprint density at radius 1 is 1.22 bits per heavy atom. The van der Waals surface area contributed by atoms with E-state index in [-0.39, 0.29) is 16.2 Å². The Labute approximate surface area is 189 Å². The van der Waals surface area contributed by atoms with Crippen LogP contribution in [0.15, 0.2) is 36.4 Å². The number of benzene rings is 1. The van der Waals surface area contributed by atoms with E-state index < -0.39 is 17.8 Å². The fourth-order valence-corrected chi connectivity index (χ4v) is 3.56. The molecular formula is C23H25ClF3N3O2. The molecule has 0 saturated heterocycles. The Kier molecular flexibility index (Phi) is 7.03. The molecule has 5 nitrogen and oxygen atoms in total. The number of halogens is 4. The lowest BCUT2D eigenvalue weighted by molar-refractivity contribution is -0.142. The third-order valence-electron chi connectivity index (χ3n) is 5.59. The predicted molar refractivity (Wildman–Crippen MR) is 118 cm³/mol. The third kappa shape index (κ3) is 4.85. The minimum Gasteiger partial charge on any atom is -0.497 e. The van der Waals surface area contributed by atoms with Gasteiger partial charge in [-0.05, 0) is 47.7 Å². The second-order valence-corrected chi connectivity index (χ2v) is 8.22. The molecule has 1 unspecified atom stereocenters. The molecule has 0 spiro atoms. The van der Waals surface area contributed by atoms with Crippen molar-refractivity contribution in [3.63, 3.8) is 0 Å². The molecule has 0 aliphatic heterocycles. The highest BCUT2D eigenvalue weighted by Crippen LogP contribution is 2.36. The van der Waals surface area contributed by atoms with Crippen molar-refractivity contribution in [1.29, 1.82) is 0 Å². The summed E-state index contributed by atoms with van der Waals surface area (Å²) in [6.45, 7) is 4.60. The second-order valence-electron chi connectivity index (χ2n) is 7.84. The van der Waals surface area contributed by atoms with E-state index in [4.69, 9.17) is 16.3 Å². The van der Waals surface area contributed by atoms with E-state index in [1.807, 2.05) is 0 Å². The van der Waals surface area contributed by atoms with Gasteiger partial charge >= 0.3 is 6.18 Å². The molecule has 2 heterocycles. The number of fused-ring (bicyclic) bond motifs is 1. The van der Waals surface area contributed by atoms with Crippen LogP contribution in [0.5, 0.6) is 5.75 Å². The second kappa shape index (κ2) is 9.40. The van der Waals surface area contributed by atoms with E-state index >= 15 is 0 Å². The molecule has 0 fully saturated rings. The zero-order chi connectivity index (χ0) is 23.6. The molecule has 1 aromatic carbocycles. The zero-order valence-electron chi connectivity index (χ0n) is 18.3. The first-order chi connectivity index (χ1) is 15.1. The van der Waals surface area contributed by atoms with E-state index in [0.717, 1.165) is 18.9 Å². The van der Waals surface area contributed by atoms with Gasteiger partial charge in [-0.1, -0.05) is 44.0 Å². The first-order valence-corrected chi connectivity index (χ1v) is 10.6. The number of nitrogens with zero attached hydrogens (tertiary/aromatic N) is 3. The van der Waals surface area contributed by atoms with Gasteiger partial charge in [0, 0.05) is 13.6 Å². The number of amides is 1. The molecule has 0 radical (unpaired) electrons. The molecular weight excluding hydrogens is 443 g/mol. The maximum Gasteiger partial charge on any atom is 0.433 e. The summed E-state index contributed by atoms with van der Waals surface area (Å²) in [5.74, 6) is 0.494. The molecule has 3 rings (SSSR count). The van der Waals surface area contributed by atoms with Gasteiger partial charge < -0.3 is 9.64 Å². The summed E-state index contributed by atoms with van der Waals surface area (Å²) < 4.78 is 47.4. The maximum atomic E-state index is 13.9. The Hall–Kier alpha value is -2.74. The number of carbonyl (C=O) groups excluding carboxylic acids is 1. The normalized spacial score (nSPS) is 12.8. The molecule has 3 aromatic rings. The summed E-state index contributed by atoms with van der Waals surface area (Å²) in [6, 6.07) is 9.13. The molecule has 2 aromatic heterocycles. The number of ether oxygens (including phenoxy) is 1. The van der Waals surface area contributed by atoms with Gasteiger partial charge in [0.15, 0.2) is 5.69 Å². The van der Waals surface area contributed by atoms with E-state index in [9.17, 15) is 18.0 Å². The van der Waals surface area contributed by atoms with Crippen molar-refractivity contribution in [2.75, 3.05) is 20.7 Å². The average molecular weight is 468 g/mol. The largest absolute Gasteiger partial charge is 0.497 e. The molecule has 0 saturated carbocycles. The van der Waals surface area contributed by atoms with E-state index in [0.29, 0.717) is 33.9 Å². The first kappa shape index (κ1) is 23.9. The summed E-state index contributed by atoms with van der Waals surface area (Å²) in [4.78, 5) is 14.3. The molecule has 1 atom stereocenters. The lowest BCUT2D eigenvalue weighted by atomic mass is 10.0. The van der Waals surface area contributed by atoms with Crippen LogP contribution < -0.4 is 4.74 Å². The van der Waals surface area contributed by atoms with Gasteiger partial charge in [0.1, 0.15) is 11.4 Å². The van der Waals surface area contributed by atoms with E-state index in [2.05, 4.69) is 18.9 Å². The average Bonchev–Trinajstić information content (AvgIpc) is 3.11. The molecule has 0 aliphatic rings. The van der Waals surface area contributed by atoms with Gasteiger partial charge in [-0.2, -0.15) is 18.3 Å². The highest BCUT2D eigenvalue weighted by molar-refractivity contribution is 6.36. The summed E-state index contributed by atoms with van der Waals surface area (Å²) >= 11 is 6.40. The number of carbonyl (C=O) groups is 1. The van der Waals surface area contributed by atoms with Crippen LogP contribution in [-0.2, 0) is 6.18 Å². The molecule has 0 bridgehead atoms. The van der Waals surface area contributed by atoms with E-state index in [1.54, 1.807) is 31.3 Å². The minimum absolute atomic E-state index is 0.0194. The van der Waals surface area contributed by atoms with Gasteiger partial charge in [0.05, 0.1) is 17.6 Å². The van der Waals surface area contributed by atoms with Crippen molar-refractivity contribution in [2.24, 2.45) is 5.92 Å². The van der Waals surface area contributed by atoms with Crippen molar-refractivity contribution in [1.82, 2.24) is 14.5 Å². The summed E-state index contributed by atoms with van der Waals surface area (Å²) in [5.41, 5.74) is -0.335. The van der Waals surface area contributed by atoms with Crippen molar-refractivity contribution in [2.45, 2.75) is 32.9 Å². The predicted octanol–water partition coefficient (Wildman–Crippen LogP) is 6.19. The van der Waals surface area contributed by atoms with Gasteiger partial charge in [0.2, 0.25) is 0 Å². The Balaban J connectivity index is 2.08. The number of alkyl halides is 3. The van der Waals surface area contributed by atoms with Crippen LogP contribution in [0.2, 0.25) is 5.02 Å². The number of hydrogen-bond acceptors (Lipinski definition) is 3.